The Morgan fingerprint density at radius 3 is 2.67 bits per heavy atom. The summed E-state index contributed by atoms with van der Waals surface area (Å²) in [6.07, 6.45) is 1.67. The zero-order chi connectivity index (χ0) is 12.8. The van der Waals surface area contributed by atoms with Crippen molar-refractivity contribution in [3.8, 4) is 11.6 Å². The Balaban J connectivity index is 1.99. The number of ether oxygens (including phenoxy) is 1. The fourth-order valence-corrected chi connectivity index (χ4v) is 1.38. The van der Waals surface area contributed by atoms with Gasteiger partial charge in [-0.05, 0) is 31.7 Å². The van der Waals surface area contributed by atoms with Gasteiger partial charge in [-0.15, -0.1) is 5.10 Å². The maximum absolute atomic E-state index is 5.54. The van der Waals surface area contributed by atoms with Gasteiger partial charge in [-0.3, -0.25) is 4.98 Å². The van der Waals surface area contributed by atoms with Gasteiger partial charge in [0.15, 0.2) is 0 Å². The summed E-state index contributed by atoms with van der Waals surface area (Å²) in [7, 11) is 0. The predicted molar refractivity (Wildman–Crippen MR) is 68.5 cm³/mol. The van der Waals surface area contributed by atoms with Crippen molar-refractivity contribution in [3.05, 3.63) is 41.9 Å². The van der Waals surface area contributed by atoms with E-state index in [1.807, 2.05) is 25.1 Å². The van der Waals surface area contributed by atoms with Crippen LogP contribution in [0.3, 0.4) is 0 Å². The van der Waals surface area contributed by atoms with Crippen LogP contribution >= 0.6 is 0 Å². The first-order valence-corrected chi connectivity index (χ1v) is 5.92. The van der Waals surface area contributed by atoms with E-state index in [9.17, 15) is 0 Å². The van der Waals surface area contributed by atoms with E-state index in [2.05, 4.69) is 27.4 Å². The van der Waals surface area contributed by atoms with Crippen molar-refractivity contribution in [2.24, 2.45) is 0 Å². The first-order valence-electron chi connectivity index (χ1n) is 5.92. The van der Waals surface area contributed by atoms with Crippen LogP contribution in [0.1, 0.15) is 18.3 Å². The number of nitrogens with one attached hydrogen (secondary N) is 1. The molecule has 0 unspecified atom stereocenters. The molecule has 0 radical (unpaired) electrons. The Kier molecular flexibility index (Phi) is 4.20. The van der Waals surface area contributed by atoms with Crippen LogP contribution in [0.5, 0.6) is 11.6 Å². The minimum absolute atomic E-state index is 0.473. The highest BCUT2D eigenvalue weighted by molar-refractivity contribution is 5.24. The van der Waals surface area contributed by atoms with E-state index < -0.39 is 0 Å². The van der Waals surface area contributed by atoms with Crippen LogP contribution in [0.2, 0.25) is 0 Å². The maximum atomic E-state index is 5.54. The Morgan fingerprint density at radius 2 is 2.06 bits per heavy atom. The van der Waals surface area contributed by atoms with Gasteiger partial charge in [0.1, 0.15) is 5.75 Å². The second-order valence-electron chi connectivity index (χ2n) is 3.88. The average Bonchev–Trinajstić information content (AvgIpc) is 2.41. The normalized spacial score (nSPS) is 10.3. The quantitative estimate of drug-likeness (QED) is 0.872. The number of aromatic nitrogens is 3. The van der Waals surface area contributed by atoms with E-state index in [1.54, 1.807) is 12.3 Å². The zero-order valence-electron chi connectivity index (χ0n) is 10.6. The first-order chi connectivity index (χ1) is 8.78. The number of aryl methyl sites for hydroxylation is 1. The molecule has 0 aliphatic rings. The van der Waals surface area contributed by atoms with Gasteiger partial charge in [-0.2, -0.15) is 5.10 Å². The first kappa shape index (κ1) is 12.4. The Bertz CT molecular complexity index is 481. The fourth-order valence-electron chi connectivity index (χ4n) is 1.38. The highest BCUT2D eigenvalue weighted by Crippen LogP contribution is 2.17. The molecule has 2 aromatic rings. The minimum atomic E-state index is 0.473. The molecule has 5 nitrogen and oxygen atoms in total. The smallest absolute Gasteiger partial charge is 0.238 e. The molecule has 2 rings (SSSR count). The summed E-state index contributed by atoms with van der Waals surface area (Å²) in [6, 6.07) is 7.45. The van der Waals surface area contributed by atoms with Crippen LogP contribution in [0, 0.1) is 6.92 Å². The van der Waals surface area contributed by atoms with Gasteiger partial charge in [0.25, 0.3) is 0 Å². The third kappa shape index (κ3) is 3.49. The SMILES string of the molecule is CCNCc1ccc(Oc2ccc(C)nc2)nn1. The van der Waals surface area contributed by atoms with Gasteiger partial charge >= 0.3 is 0 Å². The molecule has 0 saturated carbocycles. The van der Waals surface area contributed by atoms with E-state index in [4.69, 9.17) is 4.74 Å². The van der Waals surface area contributed by atoms with Gasteiger partial charge in [0.2, 0.25) is 5.88 Å². The van der Waals surface area contributed by atoms with Crippen LogP contribution in [-0.4, -0.2) is 21.7 Å². The molecule has 1 N–H and O–H groups in total. The van der Waals surface area contributed by atoms with E-state index in [0.717, 1.165) is 24.5 Å². The summed E-state index contributed by atoms with van der Waals surface area (Å²) in [5.74, 6) is 1.13. The number of pyridine rings is 1. The monoisotopic (exact) mass is 244 g/mol. The molecule has 2 aromatic heterocycles. The molecule has 0 aliphatic heterocycles. The molecule has 94 valence electrons. The number of nitrogens with zero attached hydrogens (tertiary/aromatic N) is 3. The van der Waals surface area contributed by atoms with Gasteiger partial charge in [-0.1, -0.05) is 6.92 Å². The summed E-state index contributed by atoms with van der Waals surface area (Å²) in [5.41, 5.74) is 1.85. The predicted octanol–water partition coefficient (Wildman–Crippen LogP) is 2.08. The van der Waals surface area contributed by atoms with Crippen LogP contribution < -0.4 is 10.1 Å². The summed E-state index contributed by atoms with van der Waals surface area (Å²) in [5, 5.41) is 11.3. The molecule has 5 heteroatoms. The van der Waals surface area contributed by atoms with Crippen LogP contribution in [-0.2, 0) is 6.54 Å². The second kappa shape index (κ2) is 6.07. The van der Waals surface area contributed by atoms with Crippen molar-refractivity contribution < 1.29 is 4.74 Å². The minimum Gasteiger partial charge on any atom is -0.436 e. The highest BCUT2D eigenvalue weighted by Gasteiger charge is 2.00. The van der Waals surface area contributed by atoms with Gasteiger partial charge in [0.05, 0.1) is 11.9 Å². The lowest BCUT2D eigenvalue weighted by Gasteiger charge is -2.05. The summed E-state index contributed by atoms with van der Waals surface area (Å²) in [6.45, 7) is 5.61. The number of hydrogen-bond donors (Lipinski definition) is 1. The van der Waals surface area contributed by atoms with Gasteiger partial charge in [0, 0.05) is 18.3 Å². The summed E-state index contributed by atoms with van der Waals surface area (Å²) in [4.78, 5) is 4.15. The van der Waals surface area contributed by atoms with Crippen molar-refractivity contribution in [2.75, 3.05) is 6.54 Å². The molecule has 0 aliphatic carbocycles. The van der Waals surface area contributed by atoms with E-state index in [-0.39, 0.29) is 0 Å². The van der Waals surface area contributed by atoms with Gasteiger partial charge in [-0.25, -0.2) is 0 Å². The van der Waals surface area contributed by atoms with Crippen LogP contribution in [0.15, 0.2) is 30.5 Å². The molecule has 0 bridgehead atoms. The van der Waals surface area contributed by atoms with Crippen LogP contribution in [0.4, 0.5) is 0 Å². The molecule has 0 amide bonds. The summed E-state index contributed by atoms with van der Waals surface area (Å²) >= 11 is 0. The molecular weight excluding hydrogens is 228 g/mol. The molecule has 0 atom stereocenters. The van der Waals surface area contributed by atoms with Crippen molar-refractivity contribution in [1.29, 1.82) is 0 Å². The maximum Gasteiger partial charge on any atom is 0.238 e. The fraction of sp³-hybridized carbons (Fsp3) is 0.308. The lowest BCUT2D eigenvalue weighted by molar-refractivity contribution is 0.451. The molecular formula is C13H16N4O. The third-order valence-corrected chi connectivity index (χ3v) is 2.36. The number of hydrogen-bond acceptors (Lipinski definition) is 5. The number of rotatable bonds is 5. The molecule has 0 spiro atoms. The molecule has 0 aromatic carbocycles. The summed E-state index contributed by atoms with van der Waals surface area (Å²) < 4.78 is 5.54. The van der Waals surface area contributed by atoms with Crippen molar-refractivity contribution in [3.63, 3.8) is 0 Å². The standard InChI is InChI=1S/C13H16N4O/c1-3-14-8-11-5-7-13(17-16-11)18-12-6-4-10(2)15-9-12/h4-7,9,14H,3,8H2,1-2H3. The Labute approximate surface area is 106 Å². The zero-order valence-corrected chi connectivity index (χ0v) is 10.6. The van der Waals surface area contributed by atoms with Crippen molar-refractivity contribution >= 4 is 0 Å². The molecule has 18 heavy (non-hydrogen) atoms. The van der Waals surface area contributed by atoms with Crippen LogP contribution in [0.25, 0.3) is 0 Å². The second-order valence-corrected chi connectivity index (χ2v) is 3.88. The molecule has 0 saturated heterocycles. The average molecular weight is 244 g/mol. The lowest BCUT2D eigenvalue weighted by atomic mass is 10.3. The third-order valence-electron chi connectivity index (χ3n) is 2.36. The topological polar surface area (TPSA) is 59.9 Å². The van der Waals surface area contributed by atoms with Crippen molar-refractivity contribution in [2.45, 2.75) is 20.4 Å². The van der Waals surface area contributed by atoms with E-state index in [0.29, 0.717) is 11.6 Å². The Morgan fingerprint density at radius 1 is 1.17 bits per heavy atom. The van der Waals surface area contributed by atoms with E-state index in [1.165, 1.54) is 0 Å². The molecule has 2 heterocycles. The van der Waals surface area contributed by atoms with Crippen molar-refractivity contribution in [1.82, 2.24) is 20.5 Å². The Hall–Kier alpha value is -2.01. The largest absolute Gasteiger partial charge is 0.436 e. The molecule has 0 fully saturated rings. The van der Waals surface area contributed by atoms with E-state index >= 15 is 0 Å². The lowest BCUT2D eigenvalue weighted by Crippen LogP contribution is -2.13. The van der Waals surface area contributed by atoms with Gasteiger partial charge < -0.3 is 10.1 Å². The highest BCUT2D eigenvalue weighted by atomic mass is 16.5.